The maximum absolute atomic E-state index is 9.44. The van der Waals surface area contributed by atoms with Crippen LogP contribution in [0.2, 0.25) is 0 Å². The molecule has 0 rings (SSSR count). The van der Waals surface area contributed by atoms with E-state index < -0.39 is 0 Å². The van der Waals surface area contributed by atoms with Crippen molar-refractivity contribution in [3.8, 4) is 0 Å². The van der Waals surface area contributed by atoms with Crippen LogP contribution < -0.4 is 4.97 Å². The Bertz CT molecular complexity index is 78.9. The molecule has 0 bridgehead atoms. The number of Topliss-reactive ketones (excluding diaryl/α,β-unsaturated/α-hetero) is 1. The third-order valence-electron chi connectivity index (χ3n) is 0. The van der Waals surface area contributed by atoms with E-state index >= 15 is 0 Å². The van der Waals surface area contributed by atoms with Crippen LogP contribution in [-0.4, -0.2) is 5.78 Å². The van der Waals surface area contributed by atoms with E-state index in [1.54, 1.807) is 0 Å². The summed E-state index contributed by atoms with van der Waals surface area (Å²) in [5, 5.41) is 0. The first-order valence-corrected chi connectivity index (χ1v) is 1.59. The number of rotatable bonds is 0. The molecule has 0 aliphatic carbocycles. The first-order valence-electron chi connectivity index (χ1n) is 1.59. The Labute approximate surface area is 41.0 Å². The minimum absolute atomic E-state index is 0.167. The summed E-state index contributed by atoms with van der Waals surface area (Å²) < 4.78 is 0. The monoisotopic (exact) mass is 102 g/mol. The van der Waals surface area contributed by atoms with Crippen LogP contribution in [0.25, 0.3) is 5.53 Å². The van der Waals surface area contributed by atoms with Gasteiger partial charge in [-0.25, -0.2) is 0 Å². The Balaban J connectivity index is 0. The van der Waals surface area contributed by atoms with Crippen molar-refractivity contribution in [3.63, 3.8) is 0 Å². The molecule has 0 aromatic rings. The molecule has 4 nitrogen and oxygen atoms in total. The molecule has 0 saturated carbocycles. The molecule has 0 N–H and O–H groups in total. The standard InChI is InChI=1S/C3H6O.N2O/c1-3(2)4;1-2-3/h1-2H3;. The summed E-state index contributed by atoms with van der Waals surface area (Å²) in [5.41, 5.74) is 6.64. The lowest BCUT2D eigenvalue weighted by Crippen LogP contribution is -1.69. The number of nitroso groups, excluding NO2 is 1. The van der Waals surface area contributed by atoms with Gasteiger partial charge < -0.3 is 4.79 Å². The highest BCUT2D eigenvalue weighted by Crippen LogP contribution is 1.50. The first kappa shape index (κ1) is 9.36. The molecule has 0 radical (unpaired) electrons. The van der Waals surface area contributed by atoms with Crippen LogP contribution in [0.15, 0.2) is 0 Å². The van der Waals surface area contributed by atoms with Gasteiger partial charge >= 0.3 is 0 Å². The number of carbonyl (C=O) groups is 1. The van der Waals surface area contributed by atoms with Gasteiger partial charge in [-0.05, 0) is 13.8 Å². The fraction of sp³-hybridized carbons (Fsp3) is 0.667. The van der Waals surface area contributed by atoms with Crippen LogP contribution in [0.4, 0.5) is 0 Å². The van der Waals surface area contributed by atoms with Crippen LogP contribution in [0, 0.1) is 4.91 Å². The molecule has 0 spiro atoms. The quantitative estimate of drug-likeness (QED) is 0.329. The van der Waals surface area contributed by atoms with E-state index in [-0.39, 0.29) is 5.78 Å². The zero-order chi connectivity index (χ0) is 6.28. The van der Waals surface area contributed by atoms with Crippen molar-refractivity contribution >= 4 is 5.78 Å². The van der Waals surface area contributed by atoms with Gasteiger partial charge in [0, 0.05) is 0 Å². The Morgan fingerprint density at radius 3 is 1.57 bits per heavy atom. The predicted octanol–water partition coefficient (Wildman–Crippen LogP) is 0.437. The highest BCUT2D eigenvalue weighted by atomic mass is 16.2. The Hall–Kier alpha value is -1.02. The minimum Gasteiger partial charge on any atom is -0.300 e. The fourth-order valence-corrected chi connectivity index (χ4v) is 0. The lowest BCUT2D eigenvalue weighted by molar-refractivity contribution is -0.114. The molecule has 4 heteroatoms. The van der Waals surface area contributed by atoms with Gasteiger partial charge in [0.05, 0.1) is 0 Å². The summed E-state index contributed by atoms with van der Waals surface area (Å²) in [6, 6.07) is 0. The first-order chi connectivity index (χ1) is 3.15. The minimum atomic E-state index is 0.167. The fourth-order valence-electron chi connectivity index (χ4n) is 0. The second-order valence-corrected chi connectivity index (χ2v) is 0.990. The van der Waals surface area contributed by atoms with Crippen molar-refractivity contribution in [2.45, 2.75) is 13.8 Å². The molecule has 0 atom stereocenters. The summed E-state index contributed by atoms with van der Waals surface area (Å²) in [6.45, 7) is 3.06. The molecule has 0 heterocycles. The Morgan fingerprint density at radius 2 is 1.57 bits per heavy atom. The van der Waals surface area contributed by atoms with Crippen molar-refractivity contribution in [1.29, 1.82) is 0 Å². The van der Waals surface area contributed by atoms with Crippen molar-refractivity contribution in [1.82, 2.24) is 4.97 Å². The van der Waals surface area contributed by atoms with Crippen LogP contribution in [-0.2, 0) is 4.79 Å². The number of hydrogen-bond acceptors (Lipinski definition) is 2. The third kappa shape index (κ3) is 42.5. The molecule has 40 valence electrons. The normalized spacial score (nSPS) is 4.86. The number of nitrogens with zero attached hydrogens (tertiary/aromatic N) is 2. The summed E-state index contributed by atoms with van der Waals surface area (Å²) in [6.07, 6.45) is 0. The second kappa shape index (κ2) is 8.88. The zero-order valence-corrected chi connectivity index (χ0v) is 4.21. The maximum atomic E-state index is 9.44. The van der Waals surface area contributed by atoms with Crippen molar-refractivity contribution in [2.75, 3.05) is 0 Å². The molecular formula is C3H6N2O2. The molecule has 7 heavy (non-hydrogen) atoms. The van der Waals surface area contributed by atoms with E-state index in [4.69, 9.17) is 10.4 Å². The summed E-state index contributed by atoms with van der Waals surface area (Å²) in [5.74, 6) is 0.167. The predicted molar refractivity (Wildman–Crippen MR) is 25.2 cm³/mol. The SMILES string of the molecule is CC(C)=O.[N-]=[N+]=O. The van der Waals surface area contributed by atoms with E-state index in [1.807, 2.05) is 0 Å². The maximum Gasteiger partial charge on any atom is 0.151 e. The van der Waals surface area contributed by atoms with Crippen molar-refractivity contribution < 1.29 is 4.79 Å². The van der Waals surface area contributed by atoms with E-state index in [0.29, 0.717) is 0 Å². The number of hydrogen-bond donors (Lipinski definition) is 0. The molecule has 0 aliphatic rings. The lowest BCUT2D eigenvalue weighted by atomic mass is 10.6. The zero-order valence-electron chi connectivity index (χ0n) is 4.21. The van der Waals surface area contributed by atoms with Gasteiger partial charge in [0.25, 0.3) is 0 Å². The van der Waals surface area contributed by atoms with Gasteiger partial charge in [-0.1, -0.05) is 0 Å². The highest BCUT2D eigenvalue weighted by molar-refractivity contribution is 5.72. The van der Waals surface area contributed by atoms with Crippen LogP contribution >= 0.6 is 0 Å². The molecule has 0 aliphatic heterocycles. The molecule has 0 fully saturated rings. The summed E-state index contributed by atoms with van der Waals surface area (Å²) in [4.78, 5) is 18.8. The third-order valence-corrected chi connectivity index (χ3v) is 0. The van der Waals surface area contributed by atoms with Crippen LogP contribution in [0.3, 0.4) is 0 Å². The molecule has 0 aromatic heterocycles. The molecular weight excluding hydrogens is 96.0 g/mol. The average Bonchev–Trinajstić information content (AvgIpc) is 1.33. The van der Waals surface area contributed by atoms with Gasteiger partial charge in [-0.15, -0.1) is 0 Å². The topological polar surface area (TPSA) is 70.5 Å². The lowest BCUT2D eigenvalue weighted by Gasteiger charge is -1.56. The van der Waals surface area contributed by atoms with Crippen LogP contribution in [0.1, 0.15) is 13.8 Å². The summed E-state index contributed by atoms with van der Waals surface area (Å²) in [7, 11) is 0. The second-order valence-electron chi connectivity index (χ2n) is 0.990. The van der Waals surface area contributed by atoms with Gasteiger partial charge in [-0.2, -0.15) is 0 Å². The van der Waals surface area contributed by atoms with Crippen LogP contribution in [0.5, 0.6) is 0 Å². The highest BCUT2D eigenvalue weighted by Gasteiger charge is 1.62. The van der Waals surface area contributed by atoms with Crippen molar-refractivity contribution in [2.24, 2.45) is 0 Å². The van der Waals surface area contributed by atoms with E-state index in [2.05, 4.69) is 0 Å². The average molecular weight is 102 g/mol. The largest absolute Gasteiger partial charge is 0.300 e. The van der Waals surface area contributed by atoms with Gasteiger partial charge in [0.2, 0.25) is 0 Å². The molecule has 0 amide bonds. The van der Waals surface area contributed by atoms with Crippen molar-refractivity contribution in [3.05, 3.63) is 10.4 Å². The van der Waals surface area contributed by atoms with E-state index in [1.165, 1.54) is 18.8 Å². The summed E-state index contributed by atoms with van der Waals surface area (Å²) >= 11 is 0. The molecule has 0 unspecified atom stereocenters. The van der Waals surface area contributed by atoms with Gasteiger partial charge in [0.1, 0.15) is 10.8 Å². The van der Waals surface area contributed by atoms with Gasteiger partial charge in [-0.3, -0.25) is 5.53 Å². The molecule has 0 aromatic carbocycles. The van der Waals surface area contributed by atoms with E-state index in [9.17, 15) is 4.79 Å². The Kier molecular flexibility index (Phi) is 11.9. The number of carbonyl (C=O) groups excluding carboxylic acids is 1. The Morgan fingerprint density at radius 1 is 1.57 bits per heavy atom. The smallest absolute Gasteiger partial charge is 0.151 e. The number of ketones is 1. The van der Waals surface area contributed by atoms with Gasteiger partial charge in [0.15, 0.2) is 4.91 Å². The molecule has 0 saturated heterocycles. The van der Waals surface area contributed by atoms with E-state index in [0.717, 1.165) is 0 Å².